The molecule has 6 heteroatoms. The number of nitrogens with zero attached hydrogens (tertiary/aromatic N) is 4. The van der Waals surface area contributed by atoms with Crippen LogP contribution < -0.4 is 14.5 Å². The lowest BCUT2D eigenvalue weighted by Gasteiger charge is -2.31. The third-order valence-corrected chi connectivity index (χ3v) is 4.43. The summed E-state index contributed by atoms with van der Waals surface area (Å²) < 4.78 is 11.2. The van der Waals surface area contributed by atoms with Crippen molar-refractivity contribution in [3.63, 3.8) is 0 Å². The van der Waals surface area contributed by atoms with E-state index in [-0.39, 0.29) is 0 Å². The number of morpholine rings is 1. The number of hydrogen-bond donors (Lipinski definition) is 0. The zero-order chi connectivity index (χ0) is 16.4. The summed E-state index contributed by atoms with van der Waals surface area (Å²) in [7, 11) is 0. The first-order valence-corrected chi connectivity index (χ1v) is 8.41. The summed E-state index contributed by atoms with van der Waals surface area (Å²) in [5.74, 6) is 1.76. The first-order chi connectivity index (χ1) is 11.8. The average molecular weight is 326 g/mol. The third kappa shape index (κ3) is 3.14. The Morgan fingerprint density at radius 2 is 1.83 bits per heavy atom. The van der Waals surface area contributed by atoms with Crippen LogP contribution in [-0.2, 0) is 11.3 Å². The molecule has 2 aromatic rings. The quantitative estimate of drug-likeness (QED) is 0.860. The van der Waals surface area contributed by atoms with Gasteiger partial charge in [0.1, 0.15) is 12.4 Å². The predicted molar refractivity (Wildman–Crippen MR) is 92.8 cm³/mol. The molecular formula is C18H22N4O2. The van der Waals surface area contributed by atoms with Gasteiger partial charge in [-0.25, -0.2) is 9.97 Å². The summed E-state index contributed by atoms with van der Waals surface area (Å²) in [6, 6.07) is 6.35. The van der Waals surface area contributed by atoms with E-state index >= 15 is 0 Å². The molecule has 3 heterocycles. The standard InChI is InChI=1S/C18H22N4O2/c1-14-2-3-16-17(10-14)24-9-6-22(16)13-15-11-19-18(20-12-15)21-4-7-23-8-5-21/h2-3,10-12H,4-9,13H2,1H3. The van der Waals surface area contributed by atoms with E-state index in [0.717, 1.165) is 62.3 Å². The van der Waals surface area contributed by atoms with Crippen LogP contribution in [0.2, 0.25) is 0 Å². The van der Waals surface area contributed by atoms with Gasteiger partial charge in [-0.15, -0.1) is 0 Å². The molecule has 1 fully saturated rings. The second-order valence-electron chi connectivity index (χ2n) is 6.23. The minimum absolute atomic E-state index is 0.711. The highest BCUT2D eigenvalue weighted by atomic mass is 16.5. The summed E-state index contributed by atoms with van der Waals surface area (Å²) in [5, 5.41) is 0. The number of ether oxygens (including phenoxy) is 2. The lowest BCUT2D eigenvalue weighted by molar-refractivity contribution is 0.122. The second kappa shape index (κ2) is 6.65. The molecule has 0 spiro atoms. The molecule has 2 aliphatic heterocycles. The molecule has 6 nitrogen and oxygen atoms in total. The van der Waals surface area contributed by atoms with Crippen LogP contribution in [0, 0.1) is 6.92 Å². The topological polar surface area (TPSA) is 50.7 Å². The van der Waals surface area contributed by atoms with Crippen molar-refractivity contribution in [3.8, 4) is 5.75 Å². The molecule has 0 N–H and O–H groups in total. The Labute approximate surface area is 142 Å². The molecule has 0 atom stereocenters. The first-order valence-electron chi connectivity index (χ1n) is 8.41. The van der Waals surface area contributed by atoms with E-state index in [1.165, 1.54) is 5.56 Å². The Bertz CT molecular complexity index is 699. The van der Waals surface area contributed by atoms with Crippen LogP contribution in [0.4, 0.5) is 11.6 Å². The Morgan fingerprint density at radius 3 is 2.62 bits per heavy atom. The second-order valence-corrected chi connectivity index (χ2v) is 6.23. The zero-order valence-corrected chi connectivity index (χ0v) is 13.9. The molecule has 0 radical (unpaired) electrons. The Balaban J connectivity index is 1.48. The SMILES string of the molecule is Cc1ccc2c(c1)OCCN2Cc1cnc(N2CCOCC2)nc1. The van der Waals surface area contributed by atoms with E-state index in [9.17, 15) is 0 Å². The van der Waals surface area contributed by atoms with E-state index in [1.807, 2.05) is 12.4 Å². The Morgan fingerprint density at radius 1 is 1.04 bits per heavy atom. The van der Waals surface area contributed by atoms with Crippen LogP contribution in [-0.4, -0.2) is 49.4 Å². The van der Waals surface area contributed by atoms with Crippen molar-refractivity contribution >= 4 is 11.6 Å². The fraction of sp³-hybridized carbons (Fsp3) is 0.444. The van der Waals surface area contributed by atoms with Crippen LogP contribution in [0.15, 0.2) is 30.6 Å². The molecule has 4 rings (SSSR count). The van der Waals surface area contributed by atoms with Gasteiger partial charge in [0.05, 0.1) is 25.4 Å². The van der Waals surface area contributed by atoms with Crippen LogP contribution in [0.5, 0.6) is 5.75 Å². The summed E-state index contributed by atoms with van der Waals surface area (Å²) in [6.45, 7) is 7.67. The summed E-state index contributed by atoms with van der Waals surface area (Å²) in [4.78, 5) is 13.6. The number of aromatic nitrogens is 2. The molecule has 0 unspecified atom stereocenters. The highest BCUT2D eigenvalue weighted by molar-refractivity contribution is 5.61. The molecule has 1 aromatic carbocycles. The molecule has 0 amide bonds. The van der Waals surface area contributed by atoms with Crippen LogP contribution in [0.25, 0.3) is 0 Å². The van der Waals surface area contributed by atoms with Gasteiger partial charge in [0.15, 0.2) is 0 Å². The van der Waals surface area contributed by atoms with Gasteiger partial charge in [0, 0.05) is 37.6 Å². The van der Waals surface area contributed by atoms with Crippen molar-refractivity contribution < 1.29 is 9.47 Å². The van der Waals surface area contributed by atoms with Crippen molar-refractivity contribution in [1.29, 1.82) is 0 Å². The molecule has 24 heavy (non-hydrogen) atoms. The number of aryl methyl sites for hydroxylation is 1. The highest BCUT2D eigenvalue weighted by Crippen LogP contribution is 2.33. The summed E-state index contributed by atoms with van der Waals surface area (Å²) >= 11 is 0. The van der Waals surface area contributed by atoms with Crippen molar-refractivity contribution in [2.24, 2.45) is 0 Å². The largest absolute Gasteiger partial charge is 0.490 e. The van der Waals surface area contributed by atoms with Gasteiger partial charge in [0.25, 0.3) is 0 Å². The van der Waals surface area contributed by atoms with Crippen molar-refractivity contribution in [1.82, 2.24) is 9.97 Å². The molecule has 1 aromatic heterocycles. The number of hydrogen-bond acceptors (Lipinski definition) is 6. The van der Waals surface area contributed by atoms with Crippen molar-refractivity contribution in [2.45, 2.75) is 13.5 Å². The Kier molecular flexibility index (Phi) is 4.21. The normalized spacial score (nSPS) is 17.4. The molecule has 126 valence electrons. The van der Waals surface area contributed by atoms with Crippen LogP contribution in [0.3, 0.4) is 0 Å². The molecule has 0 saturated carbocycles. The third-order valence-electron chi connectivity index (χ3n) is 4.43. The van der Waals surface area contributed by atoms with Gasteiger partial charge in [-0.05, 0) is 24.6 Å². The van der Waals surface area contributed by atoms with Crippen LogP contribution >= 0.6 is 0 Å². The minimum atomic E-state index is 0.711. The molecule has 0 aliphatic carbocycles. The molecule has 2 aliphatic rings. The lowest BCUT2D eigenvalue weighted by atomic mass is 10.1. The fourth-order valence-electron chi connectivity index (χ4n) is 3.13. The number of anilines is 2. The molecule has 0 bridgehead atoms. The van der Waals surface area contributed by atoms with E-state index in [4.69, 9.17) is 9.47 Å². The molecule has 1 saturated heterocycles. The van der Waals surface area contributed by atoms with Gasteiger partial charge in [0.2, 0.25) is 5.95 Å². The number of benzene rings is 1. The average Bonchev–Trinajstić information content (AvgIpc) is 2.63. The van der Waals surface area contributed by atoms with E-state index < -0.39 is 0 Å². The first kappa shape index (κ1) is 15.2. The van der Waals surface area contributed by atoms with E-state index in [2.05, 4.69) is 44.9 Å². The van der Waals surface area contributed by atoms with Crippen molar-refractivity contribution in [3.05, 3.63) is 41.7 Å². The van der Waals surface area contributed by atoms with E-state index in [1.54, 1.807) is 0 Å². The van der Waals surface area contributed by atoms with Crippen molar-refractivity contribution in [2.75, 3.05) is 49.3 Å². The molecular weight excluding hydrogens is 304 g/mol. The van der Waals surface area contributed by atoms with Crippen LogP contribution in [0.1, 0.15) is 11.1 Å². The number of fused-ring (bicyclic) bond motifs is 1. The van der Waals surface area contributed by atoms with Gasteiger partial charge < -0.3 is 19.3 Å². The van der Waals surface area contributed by atoms with Gasteiger partial charge in [-0.2, -0.15) is 0 Å². The lowest BCUT2D eigenvalue weighted by Crippen LogP contribution is -2.37. The van der Waals surface area contributed by atoms with Gasteiger partial charge in [-0.3, -0.25) is 0 Å². The monoisotopic (exact) mass is 326 g/mol. The zero-order valence-electron chi connectivity index (χ0n) is 13.9. The minimum Gasteiger partial charge on any atom is -0.490 e. The fourth-order valence-corrected chi connectivity index (χ4v) is 3.13. The van der Waals surface area contributed by atoms with Gasteiger partial charge in [-0.1, -0.05) is 6.07 Å². The van der Waals surface area contributed by atoms with E-state index in [0.29, 0.717) is 6.61 Å². The maximum atomic E-state index is 5.78. The number of rotatable bonds is 3. The highest BCUT2D eigenvalue weighted by Gasteiger charge is 2.19. The maximum absolute atomic E-state index is 5.78. The van der Waals surface area contributed by atoms with Gasteiger partial charge >= 0.3 is 0 Å². The predicted octanol–water partition coefficient (Wildman–Crippen LogP) is 2.02. The smallest absolute Gasteiger partial charge is 0.225 e. The summed E-state index contributed by atoms with van der Waals surface area (Å²) in [6.07, 6.45) is 3.86. The summed E-state index contributed by atoms with van der Waals surface area (Å²) in [5.41, 5.74) is 3.47. The maximum Gasteiger partial charge on any atom is 0.225 e. The Hall–Kier alpha value is -2.34.